The van der Waals surface area contributed by atoms with Gasteiger partial charge in [0.1, 0.15) is 17.1 Å². The van der Waals surface area contributed by atoms with Crippen molar-refractivity contribution in [3.05, 3.63) is 34.4 Å². The Morgan fingerprint density at radius 3 is 2.75 bits per heavy atom. The van der Waals surface area contributed by atoms with E-state index >= 15 is 0 Å². The first-order valence-corrected chi connectivity index (χ1v) is 9.02. The van der Waals surface area contributed by atoms with Gasteiger partial charge in [-0.1, -0.05) is 25.0 Å². The molecule has 3 rings (SSSR count). The van der Waals surface area contributed by atoms with E-state index in [1.807, 2.05) is 6.07 Å². The number of carbonyl (C=O) groups is 1. The van der Waals surface area contributed by atoms with E-state index in [2.05, 4.69) is 33.8 Å². The summed E-state index contributed by atoms with van der Waals surface area (Å²) < 4.78 is 6.33. The van der Waals surface area contributed by atoms with Crippen LogP contribution in [0.15, 0.2) is 17.7 Å². The molecule has 1 aliphatic heterocycles. The molecular formula is C21H28O3. The van der Waals surface area contributed by atoms with Crippen LogP contribution in [0.3, 0.4) is 0 Å². The molecule has 0 spiro atoms. The molecule has 0 bridgehead atoms. The average Bonchev–Trinajstić information content (AvgIpc) is 2.45. The Labute approximate surface area is 144 Å². The van der Waals surface area contributed by atoms with Crippen LogP contribution in [0.4, 0.5) is 0 Å². The molecule has 0 fully saturated rings. The predicted molar refractivity (Wildman–Crippen MR) is 96.0 cm³/mol. The highest BCUT2D eigenvalue weighted by Gasteiger charge is 2.46. The van der Waals surface area contributed by atoms with Crippen molar-refractivity contribution < 1.29 is 14.6 Å². The van der Waals surface area contributed by atoms with Crippen LogP contribution in [0.1, 0.15) is 81.3 Å². The molecular weight excluding hydrogens is 300 g/mol. The van der Waals surface area contributed by atoms with Gasteiger partial charge in [-0.25, -0.2) is 0 Å². The van der Waals surface area contributed by atoms with Gasteiger partial charge in [-0.2, -0.15) is 0 Å². The smallest absolute Gasteiger partial charge is 0.163 e. The molecule has 0 amide bonds. The molecule has 1 aromatic rings. The normalized spacial score (nSPS) is 24.5. The molecule has 1 heterocycles. The lowest BCUT2D eigenvalue weighted by Crippen LogP contribution is -2.45. The van der Waals surface area contributed by atoms with Gasteiger partial charge in [-0.15, -0.1) is 0 Å². The highest BCUT2D eigenvalue weighted by Crippen LogP contribution is 2.54. The maximum atomic E-state index is 12.2. The predicted octanol–water partition coefficient (Wildman–Crippen LogP) is 5.16. The van der Waals surface area contributed by atoms with Gasteiger partial charge in [0.25, 0.3) is 0 Å². The summed E-state index contributed by atoms with van der Waals surface area (Å²) in [6.45, 7) is 10.0. The number of aryl methyl sites for hydroxylation is 1. The molecule has 0 saturated carbocycles. The zero-order valence-electron chi connectivity index (χ0n) is 15.4. The number of hydrogen-bond acceptors (Lipinski definition) is 3. The van der Waals surface area contributed by atoms with E-state index in [1.54, 1.807) is 0 Å². The van der Waals surface area contributed by atoms with E-state index in [0.29, 0.717) is 11.5 Å². The number of allylic oxidation sites excluding steroid dienone is 2. The number of ether oxygens (including phenoxy) is 1. The second-order valence-corrected chi connectivity index (χ2v) is 7.87. The van der Waals surface area contributed by atoms with E-state index in [0.717, 1.165) is 42.6 Å². The lowest BCUT2D eigenvalue weighted by atomic mass is 9.67. The second kappa shape index (κ2) is 5.94. The standard InChI is InChI=1S/C21H28O3/c1-6-7-14-11-17-19(20(23)18(14)13(3)22)15-10-12(2)8-9-16(15)21(4,5)24-17/h10-11,15-16,23H,6-9H2,1-5H3/t15?,16-/m1/s1. The van der Waals surface area contributed by atoms with Crippen LogP contribution in [0, 0.1) is 5.92 Å². The molecule has 0 radical (unpaired) electrons. The Hall–Kier alpha value is -1.77. The Morgan fingerprint density at radius 2 is 2.12 bits per heavy atom. The Morgan fingerprint density at radius 1 is 1.42 bits per heavy atom. The molecule has 24 heavy (non-hydrogen) atoms. The average molecular weight is 328 g/mol. The van der Waals surface area contributed by atoms with Crippen molar-refractivity contribution in [2.45, 2.75) is 71.8 Å². The summed E-state index contributed by atoms with van der Waals surface area (Å²) in [4.78, 5) is 12.2. The zero-order chi connectivity index (χ0) is 17.6. The van der Waals surface area contributed by atoms with Gasteiger partial charge in [0.15, 0.2) is 5.78 Å². The summed E-state index contributed by atoms with van der Waals surface area (Å²) in [7, 11) is 0. The lowest BCUT2D eigenvalue weighted by molar-refractivity contribution is 0.0107. The van der Waals surface area contributed by atoms with Crippen molar-refractivity contribution in [1.29, 1.82) is 0 Å². The molecule has 1 unspecified atom stereocenters. The minimum Gasteiger partial charge on any atom is -0.507 e. The molecule has 1 aliphatic carbocycles. The first-order chi connectivity index (χ1) is 11.3. The summed E-state index contributed by atoms with van der Waals surface area (Å²) in [6, 6.07) is 1.99. The molecule has 0 saturated heterocycles. The number of ketones is 1. The molecule has 1 N–H and O–H groups in total. The maximum Gasteiger partial charge on any atom is 0.163 e. The van der Waals surface area contributed by atoms with Crippen molar-refractivity contribution in [1.82, 2.24) is 0 Å². The molecule has 3 heteroatoms. The molecule has 0 aromatic heterocycles. The minimum absolute atomic E-state index is 0.0726. The number of aromatic hydroxyl groups is 1. The van der Waals surface area contributed by atoms with Gasteiger partial charge in [0.2, 0.25) is 0 Å². The van der Waals surface area contributed by atoms with Crippen LogP contribution in [-0.2, 0) is 6.42 Å². The summed E-state index contributed by atoms with van der Waals surface area (Å²) >= 11 is 0. The van der Waals surface area contributed by atoms with Crippen LogP contribution < -0.4 is 4.74 Å². The van der Waals surface area contributed by atoms with E-state index in [-0.39, 0.29) is 23.1 Å². The van der Waals surface area contributed by atoms with Crippen LogP contribution in [0.25, 0.3) is 0 Å². The Bertz CT molecular complexity index is 712. The number of Topliss-reactive ketones (excluding diaryl/α,β-unsaturated/α-hetero) is 1. The van der Waals surface area contributed by atoms with Crippen molar-refractivity contribution in [3.63, 3.8) is 0 Å². The van der Waals surface area contributed by atoms with Crippen LogP contribution >= 0.6 is 0 Å². The Kier molecular flexibility index (Phi) is 4.23. The summed E-state index contributed by atoms with van der Waals surface area (Å²) in [5.41, 5.74) is 3.26. The molecule has 2 atom stereocenters. The molecule has 1 aromatic carbocycles. The molecule has 2 aliphatic rings. The number of phenols is 1. The minimum atomic E-state index is -0.275. The van der Waals surface area contributed by atoms with Crippen LogP contribution in [0.5, 0.6) is 11.5 Å². The van der Waals surface area contributed by atoms with Gasteiger partial charge in [-0.3, -0.25) is 4.79 Å². The lowest BCUT2D eigenvalue weighted by Gasteiger charge is -2.46. The number of phenolic OH excluding ortho intramolecular Hbond substituents is 1. The van der Waals surface area contributed by atoms with E-state index in [1.165, 1.54) is 12.5 Å². The van der Waals surface area contributed by atoms with Crippen molar-refractivity contribution in [2.75, 3.05) is 0 Å². The number of carbonyl (C=O) groups excluding carboxylic acids is 1. The van der Waals surface area contributed by atoms with Gasteiger partial charge >= 0.3 is 0 Å². The fourth-order valence-corrected chi connectivity index (χ4v) is 4.47. The van der Waals surface area contributed by atoms with E-state index in [9.17, 15) is 9.90 Å². The highest BCUT2D eigenvalue weighted by molar-refractivity contribution is 5.99. The van der Waals surface area contributed by atoms with E-state index in [4.69, 9.17) is 4.74 Å². The van der Waals surface area contributed by atoms with Gasteiger partial charge in [-0.05, 0) is 58.6 Å². The van der Waals surface area contributed by atoms with Gasteiger partial charge < -0.3 is 9.84 Å². The van der Waals surface area contributed by atoms with Gasteiger partial charge in [0, 0.05) is 17.4 Å². The van der Waals surface area contributed by atoms with Gasteiger partial charge in [0.05, 0.1) is 5.56 Å². The van der Waals surface area contributed by atoms with Crippen molar-refractivity contribution in [3.8, 4) is 11.5 Å². The quantitative estimate of drug-likeness (QED) is 0.616. The third-order valence-electron chi connectivity index (χ3n) is 5.60. The first kappa shape index (κ1) is 17.1. The van der Waals surface area contributed by atoms with Crippen LogP contribution in [0.2, 0.25) is 0 Å². The summed E-state index contributed by atoms with van der Waals surface area (Å²) in [6.07, 6.45) is 6.07. The third-order valence-corrected chi connectivity index (χ3v) is 5.60. The van der Waals surface area contributed by atoms with Crippen LogP contribution in [-0.4, -0.2) is 16.5 Å². The first-order valence-electron chi connectivity index (χ1n) is 9.02. The number of fused-ring (bicyclic) bond motifs is 3. The number of hydrogen-bond donors (Lipinski definition) is 1. The summed E-state index contributed by atoms with van der Waals surface area (Å²) in [5.74, 6) is 1.25. The largest absolute Gasteiger partial charge is 0.507 e. The highest BCUT2D eigenvalue weighted by atomic mass is 16.5. The number of rotatable bonds is 3. The van der Waals surface area contributed by atoms with E-state index < -0.39 is 0 Å². The summed E-state index contributed by atoms with van der Waals surface area (Å²) in [5, 5.41) is 11.0. The SMILES string of the molecule is CCCc1cc2c(c(O)c1C(C)=O)C1C=C(C)CC[C@H]1C(C)(C)O2. The fraction of sp³-hybridized carbons (Fsp3) is 0.571. The van der Waals surface area contributed by atoms with Crippen molar-refractivity contribution in [2.24, 2.45) is 5.92 Å². The fourth-order valence-electron chi connectivity index (χ4n) is 4.47. The second-order valence-electron chi connectivity index (χ2n) is 7.87. The monoisotopic (exact) mass is 328 g/mol. The number of benzene rings is 1. The zero-order valence-corrected chi connectivity index (χ0v) is 15.4. The van der Waals surface area contributed by atoms with Crippen molar-refractivity contribution >= 4 is 5.78 Å². The maximum absolute atomic E-state index is 12.2. The topological polar surface area (TPSA) is 46.5 Å². The molecule has 130 valence electrons. The Balaban J connectivity index is 2.26. The third kappa shape index (κ3) is 2.64. The molecule has 3 nitrogen and oxygen atoms in total.